The molecule has 0 saturated heterocycles. The second-order valence-corrected chi connectivity index (χ2v) is 12.4. The second-order valence-electron chi connectivity index (χ2n) is 9.75. The molecule has 5 aromatic carbocycles. The number of hydrogen-bond donors (Lipinski definition) is 0. The van der Waals surface area contributed by atoms with E-state index in [4.69, 9.17) is 4.98 Å². The van der Waals surface area contributed by atoms with Crippen molar-refractivity contribution in [3.8, 4) is 22.3 Å². The van der Waals surface area contributed by atoms with Gasteiger partial charge >= 0.3 is 0 Å². The Hall–Kier alpha value is -4.59. The van der Waals surface area contributed by atoms with Crippen LogP contribution in [0.5, 0.6) is 0 Å². The molecule has 0 bridgehead atoms. The van der Waals surface area contributed by atoms with E-state index in [2.05, 4.69) is 53.5 Å². The van der Waals surface area contributed by atoms with Crippen molar-refractivity contribution in [3.63, 3.8) is 0 Å². The third-order valence-electron chi connectivity index (χ3n) is 7.80. The molecule has 0 aliphatic carbocycles. The molecular weight excluding hydrogens is 483 g/mol. The average molecular weight is 505 g/mol. The number of aromatic nitrogens is 2. The third kappa shape index (κ3) is 2.82. The zero-order chi connectivity index (χ0) is 25.3. The van der Waals surface area contributed by atoms with Gasteiger partial charge in [0.2, 0.25) is 0 Å². The maximum atomic E-state index is 15.9. The molecule has 1 atom stereocenters. The van der Waals surface area contributed by atoms with Gasteiger partial charge in [-0.05, 0) is 45.5 Å². The molecule has 0 fully saturated rings. The normalized spacial score (nSPS) is 16.1. The molecule has 178 valence electrons. The Morgan fingerprint density at radius 1 is 0.553 bits per heavy atom. The van der Waals surface area contributed by atoms with Crippen molar-refractivity contribution in [2.45, 2.75) is 0 Å². The van der Waals surface area contributed by atoms with Crippen LogP contribution in [0.2, 0.25) is 0 Å². The topological polar surface area (TPSA) is 42.9 Å². The fourth-order valence-electron chi connectivity index (χ4n) is 6.14. The first-order valence-corrected chi connectivity index (χ1v) is 14.4. The molecule has 0 spiro atoms. The van der Waals surface area contributed by atoms with Crippen molar-refractivity contribution in [2.75, 3.05) is 0 Å². The summed E-state index contributed by atoms with van der Waals surface area (Å²) in [4.78, 5) is 9.36. The van der Waals surface area contributed by atoms with Gasteiger partial charge in [-0.2, -0.15) is 0 Å². The monoisotopic (exact) mass is 504 g/mol. The van der Waals surface area contributed by atoms with Crippen molar-refractivity contribution < 1.29 is 4.57 Å². The lowest BCUT2D eigenvalue weighted by atomic mass is 9.87. The lowest BCUT2D eigenvalue weighted by Gasteiger charge is -2.22. The molecule has 38 heavy (non-hydrogen) atoms. The number of pyridine rings is 2. The van der Waals surface area contributed by atoms with E-state index in [1.54, 1.807) is 0 Å². The first-order chi connectivity index (χ1) is 18.7. The highest BCUT2D eigenvalue weighted by molar-refractivity contribution is 7.85. The van der Waals surface area contributed by atoms with Crippen molar-refractivity contribution in [2.24, 2.45) is 0 Å². The highest BCUT2D eigenvalue weighted by atomic mass is 31.2. The maximum Gasteiger partial charge on any atom is 0.172 e. The second kappa shape index (κ2) is 7.95. The Labute approximate surface area is 219 Å². The number of nitrogens with zero attached hydrogens (tertiary/aromatic N) is 2. The van der Waals surface area contributed by atoms with Crippen molar-refractivity contribution in [1.82, 2.24) is 9.97 Å². The summed E-state index contributed by atoms with van der Waals surface area (Å²) in [6, 6.07) is 37.0. The van der Waals surface area contributed by atoms with Gasteiger partial charge in [0.25, 0.3) is 0 Å². The molecule has 0 amide bonds. The lowest BCUT2D eigenvalue weighted by molar-refractivity contribution is 0.592. The Balaban J connectivity index is 1.62. The Morgan fingerprint density at radius 3 is 2.08 bits per heavy atom. The van der Waals surface area contributed by atoms with Gasteiger partial charge in [0.1, 0.15) is 0 Å². The largest absolute Gasteiger partial charge is 0.309 e. The van der Waals surface area contributed by atoms with Gasteiger partial charge in [-0.1, -0.05) is 91.0 Å². The standard InChI is InChI=1S/C34H21N2OP/c37-38(24-16-15-22-8-1-2-9-23(22)20-24)30-13-5-3-10-27(30)32-25-17-19-35-21-29(25)26-12-7-18-36-34(26)33(32)28-11-4-6-14-31(28)38/h1-21H. The van der Waals surface area contributed by atoms with E-state index in [1.165, 1.54) is 0 Å². The highest BCUT2D eigenvalue weighted by Crippen LogP contribution is 2.54. The molecule has 4 heteroatoms. The van der Waals surface area contributed by atoms with Gasteiger partial charge in [0.05, 0.1) is 5.52 Å². The summed E-state index contributed by atoms with van der Waals surface area (Å²) in [6.45, 7) is 0. The van der Waals surface area contributed by atoms with Gasteiger partial charge in [0.15, 0.2) is 7.14 Å². The van der Waals surface area contributed by atoms with E-state index in [0.29, 0.717) is 0 Å². The number of benzene rings is 5. The van der Waals surface area contributed by atoms with Crippen molar-refractivity contribution in [1.29, 1.82) is 0 Å². The molecule has 3 heterocycles. The zero-order valence-corrected chi connectivity index (χ0v) is 21.3. The van der Waals surface area contributed by atoms with E-state index in [1.807, 2.05) is 79.3 Å². The summed E-state index contributed by atoms with van der Waals surface area (Å²) in [6.07, 6.45) is 5.60. The number of rotatable bonds is 1. The highest BCUT2D eigenvalue weighted by Gasteiger charge is 2.39. The Morgan fingerprint density at radius 2 is 1.26 bits per heavy atom. The fourth-order valence-corrected chi connectivity index (χ4v) is 9.21. The van der Waals surface area contributed by atoms with E-state index in [-0.39, 0.29) is 0 Å². The predicted molar refractivity (Wildman–Crippen MR) is 158 cm³/mol. The molecule has 7 aromatic rings. The van der Waals surface area contributed by atoms with Crippen LogP contribution in [0.15, 0.2) is 128 Å². The lowest BCUT2D eigenvalue weighted by Crippen LogP contribution is -2.26. The van der Waals surface area contributed by atoms with Crippen molar-refractivity contribution in [3.05, 3.63) is 128 Å². The van der Waals surface area contributed by atoms with Crippen LogP contribution >= 0.6 is 7.14 Å². The summed E-state index contributed by atoms with van der Waals surface area (Å²) in [5.41, 5.74) is 4.95. The molecule has 1 aliphatic heterocycles. The van der Waals surface area contributed by atoms with Crippen LogP contribution in [0.3, 0.4) is 0 Å². The summed E-state index contributed by atoms with van der Waals surface area (Å²) in [7, 11) is -3.28. The third-order valence-corrected chi connectivity index (χ3v) is 10.9. The fraction of sp³-hybridized carbons (Fsp3) is 0. The average Bonchev–Trinajstić information content (AvgIpc) is 3.09. The number of fused-ring (bicyclic) bond motifs is 11. The molecule has 3 nitrogen and oxygen atoms in total. The maximum absolute atomic E-state index is 15.9. The van der Waals surface area contributed by atoms with E-state index in [9.17, 15) is 0 Å². The van der Waals surface area contributed by atoms with Crippen LogP contribution in [0.25, 0.3) is 54.7 Å². The van der Waals surface area contributed by atoms with Crippen molar-refractivity contribution >= 4 is 55.5 Å². The first-order valence-electron chi connectivity index (χ1n) is 12.7. The van der Waals surface area contributed by atoms with Crippen LogP contribution in [0.4, 0.5) is 0 Å². The quantitative estimate of drug-likeness (QED) is 0.175. The van der Waals surface area contributed by atoms with Gasteiger partial charge in [-0.15, -0.1) is 0 Å². The molecular formula is C34H21N2OP. The summed E-state index contributed by atoms with van der Waals surface area (Å²) in [5.74, 6) is 0. The molecule has 0 radical (unpaired) electrons. The molecule has 0 N–H and O–H groups in total. The van der Waals surface area contributed by atoms with E-state index >= 15 is 4.57 Å². The summed E-state index contributed by atoms with van der Waals surface area (Å²) in [5, 5.41) is 7.94. The predicted octanol–water partition coefficient (Wildman–Crippen LogP) is 7.22. The van der Waals surface area contributed by atoms with E-state index < -0.39 is 7.14 Å². The zero-order valence-electron chi connectivity index (χ0n) is 20.4. The van der Waals surface area contributed by atoms with Crippen LogP contribution in [0, 0.1) is 0 Å². The van der Waals surface area contributed by atoms with Gasteiger partial charge < -0.3 is 4.57 Å². The molecule has 0 saturated carbocycles. The van der Waals surface area contributed by atoms with Crippen LogP contribution < -0.4 is 15.9 Å². The molecule has 2 aromatic heterocycles. The minimum atomic E-state index is -3.28. The molecule has 8 rings (SSSR count). The number of hydrogen-bond acceptors (Lipinski definition) is 3. The first kappa shape index (κ1) is 21.5. The minimum Gasteiger partial charge on any atom is -0.309 e. The van der Waals surface area contributed by atoms with Crippen LogP contribution in [0.1, 0.15) is 0 Å². The van der Waals surface area contributed by atoms with Gasteiger partial charge in [-0.3, -0.25) is 9.97 Å². The van der Waals surface area contributed by atoms with E-state index in [0.717, 1.165) is 70.6 Å². The Bertz CT molecular complexity index is 2020. The molecule has 1 aliphatic rings. The molecule has 1 unspecified atom stereocenters. The van der Waals surface area contributed by atoms with Crippen LogP contribution in [-0.4, -0.2) is 9.97 Å². The smallest absolute Gasteiger partial charge is 0.172 e. The van der Waals surface area contributed by atoms with Crippen LogP contribution in [-0.2, 0) is 4.57 Å². The van der Waals surface area contributed by atoms with Gasteiger partial charge in [0, 0.05) is 56.4 Å². The summed E-state index contributed by atoms with van der Waals surface area (Å²) >= 11 is 0. The van der Waals surface area contributed by atoms with Gasteiger partial charge in [-0.25, -0.2) is 0 Å². The Kier molecular flexibility index (Phi) is 4.50. The SMILES string of the molecule is O=P1(c2ccc3ccccc3c2)c2ccccc2-c2c(c3ncccc3c3cnccc23)-c2ccccc21. The summed E-state index contributed by atoms with van der Waals surface area (Å²) < 4.78 is 15.9. The minimum absolute atomic E-state index is 0.840.